The first-order valence-corrected chi connectivity index (χ1v) is 8.48. The van der Waals surface area contributed by atoms with Gasteiger partial charge >= 0.3 is 6.03 Å². The average molecular weight is 323 g/mol. The normalized spacial score (nSPS) is 14.3. The van der Waals surface area contributed by atoms with Gasteiger partial charge in [-0.1, -0.05) is 24.3 Å². The monoisotopic (exact) mass is 323 g/mol. The fourth-order valence-electron chi connectivity index (χ4n) is 2.81. The molecule has 4 nitrogen and oxygen atoms in total. The van der Waals surface area contributed by atoms with Crippen LogP contribution in [0.3, 0.4) is 0 Å². The van der Waals surface area contributed by atoms with Crippen LogP contribution >= 0.6 is 11.3 Å². The maximum Gasteiger partial charge on any atom is 0.321 e. The highest BCUT2D eigenvalue weighted by Gasteiger charge is 2.20. The van der Waals surface area contributed by atoms with Gasteiger partial charge in [-0.05, 0) is 35.7 Å². The molecule has 1 aliphatic rings. The van der Waals surface area contributed by atoms with Gasteiger partial charge in [0.15, 0.2) is 0 Å². The number of thiophene rings is 1. The second-order valence-electron chi connectivity index (χ2n) is 5.54. The van der Waals surface area contributed by atoms with Crippen molar-refractivity contribution in [2.75, 3.05) is 23.3 Å². The van der Waals surface area contributed by atoms with E-state index in [0.29, 0.717) is 6.54 Å². The van der Waals surface area contributed by atoms with Crippen LogP contribution < -0.4 is 15.5 Å². The molecule has 0 spiro atoms. The number of carbonyl (C=O) groups is 1. The van der Waals surface area contributed by atoms with E-state index in [0.717, 1.165) is 24.5 Å². The number of fused-ring (bicyclic) bond motifs is 1. The Morgan fingerprint density at radius 1 is 1.13 bits per heavy atom. The number of anilines is 2. The Bertz CT molecular complexity index is 825. The topological polar surface area (TPSA) is 44.4 Å². The molecule has 2 amide bonds. The van der Waals surface area contributed by atoms with Crippen molar-refractivity contribution >= 4 is 38.8 Å². The lowest BCUT2D eigenvalue weighted by atomic mass is 10.2. The van der Waals surface area contributed by atoms with Crippen LogP contribution in [0.4, 0.5) is 16.2 Å². The van der Waals surface area contributed by atoms with E-state index in [-0.39, 0.29) is 6.03 Å². The number of urea groups is 1. The lowest BCUT2D eigenvalue weighted by Crippen LogP contribution is -2.27. The number of rotatable bonds is 4. The summed E-state index contributed by atoms with van der Waals surface area (Å²) < 4.78 is 1.31. The molecule has 0 unspecified atom stereocenters. The standard InChI is InChI=1S/C18H17N3OS/c22-18-19-8-9-21(18)15-6-3-5-14(11-15)20-12-16-10-13-4-1-2-7-17(13)23-16/h1-7,10-11,20H,8-9,12H2,(H,19,22). The third-order valence-electron chi connectivity index (χ3n) is 3.96. The molecule has 1 fully saturated rings. The van der Waals surface area contributed by atoms with Gasteiger partial charge in [0.1, 0.15) is 0 Å². The molecule has 4 rings (SSSR count). The van der Waals surface area contributed by atoms with Crippen LogP contribution in [0.25, 0.3) is 10.1 Å². The van der Waals surface area contributed by atoms with Crippen LogP contribution in [0.15, 0.2) is 54.6 Å². The minimum atomic E-state index is -0.0216. The fourth-order valence-corrected chi connectivity index (χ4v) is 3.82. The molecule has 0 atom stereocenters. The molecule has 0 bridgehead atoms. The summed E-state index contributed by atoms with van der Waals surface area (Å²) in [5.41, 5.74) is 1.96. The zero-order valence-corrected chi connectivity index (χ0v) is 13.4. The van der Waals surface area contributed by atoms with Gasteiger partial charge in [0.2, 0.25) is 0 Å². The van der Waals surface area contributed by atoms with E-state index in [1.807, 2.05) is 35.6 Å². The molecule has 2 N–H and O–H groups in total. The molecule has 2 aromatic carbocycles. The average Bonchev–Trinajstić information content (AvgIpc) is 3.18. The maximum absolute atomic E-state index is 11.8. The number of hydrogen-bond acceptors (Lipinski definition) is 3. The molecule has 1 saturated heterocycles. The van der Waals surface area contributed by atoms with Crippen molar-refractivity contribution < 1.29 is 4.79 Å². The van der Waals surface area contributed by atoms with Gasteiger partial charge in [-0.15, -0.1) is 11.3 Å². The Kier molecular flexibility index (Phi) is 3.63. The molecular weight excluding hydrogens is 306 g/mol. The zero-order valence-electron chi connectivity index (χ0n) is 12.6. The second kappa shape index (κ2) is 5.93. The number of nitrogens with zero attached hydrogens (tertiary/aromatic N) is 1. The van der Waals surface area contributed by atoms with Crippen LogP contribution in [0, 0.1) is 0 Å². The summed E-state index contributed by atoms with van der Waals surface area (Å²) in [6.45, 7) is 2.21. The fraction of sp³-hybridized carbons (Fsp3) is 0.167. The van der Waals surface area contributed by atoms with Crippen LogP contribution in [0.2, 0.25) is 0 Å². The number of hydrogen-bond donors (Lipinski definition) is 2. The van der Waals surface area contributed by atoms with Crippen molar-refractivity contribution in [3.8, 4) is 0 Å². The minimum Gasteiger partial charge on any atom is -0.380 e. The van der Waals surface area contributed by atoms with Crippen LogP contribution in [0.1, 0.15) is 4.88 Å². The van der Waals surface area contributed by atoms with Gasteiger partial charge < -0.3 is 10.6 Å². The molecule has 1 aromatic heterocycles. The summed E-state index contributed by atoms with van der Waals surface area (Å²) in [6.07, 6.45) is 0. The SMILES string of the molecule is O=C1NCCN1c1cccc(NCc2cc3ccccc3s2)c1. The van der Waals surface area contributed by atoms with Gasteiger partial charge in [-0.3, -0.25) is 4.90 Å². The van der Waals surface area contributed by atoms with Crippen molar-refractivity contribution in [2.45, 2.75) is 6.54 Å². The van der Waals surface area contributed by atoms with E-state index in [2.05, 4.69) is 41.0 Å². The Morgan fingerprint density at radius 2 is 2.04 bits per heavy atom. The van der Waals surface area contributed by atoms with Crippen molar-refractivity contribution in [1.82, 2.24) is 5.32 Å². The molecular formula is C18H17N3OS. The largest absolute Gasteiger partial charge is 0.380 e. The van der Waals surface area contributed by atoms with Gasteiger partial charge in [0.25, 0.3) is 0 Å². The lowest BCUT2D eigenvalue weighted by molar-refractivity contribution is 0.252. The van der Waals surface area contributed by atoms with Gasteiger partial charge in [-0.25, -0.2) is 4.79 Å². The van der Waals surface area contributed by atoms with Gasteiger partial charge in [-0.2, -0.15) is 0 Å². The van der Waals surface area contributed by atoms with Crippen molar-refractivity contribution in [3.05, 3.63) is 59.5 Å². The maximum atomic E-state index is 11.8. The lowest BCUT2D eigenvalue weighted by Gasteiger charge is -2.15. The molecule has 3 aromatic rings. The summed E-state index contributed by atoms with van der Waals surface area (Å²) >= 11 is 1.81. The van der Waals surface area contributed by atoms with E-state index in [1.165, 1.54) is 15.0 Å². The Hall–Kier alpha value is -2.53. The van der Waals surface area contributed by atoms with Crippen LogP contribution in [-0.4, -0.2) is 19.1 Å². The van der Waals surface area contributed by atoms with E-state index >= 15 is 0 Å². The predicted molar refractivity (Wildman–Crippen MR) is 96.3 cm³/mol. The first-order valence-electron chi connectivity index (χ1n) is 7.66. The van der Waals surface area contributed by atoms with Crippen molar-refractivity contribution in [3.63, 3.8) is 0 Å². The number of benzene rings is 2. The second-order valence-corrected chi connectivity index (χ2v) is 6.71. The smallest absolute Gasteiger partial charge is 0.321 e. The first kappa shape index (κ1) is 14.1. The highest BCUT2D eigenvalue weighted by atomic mass is 32.1. The summed E-state index contributed by atoms with van der Waals surface area (Å²) in [4.78, 5) is 14.8. The van der Waals surface area contributed by atoms with Gasteiger partial charge in [0, 0.05) is 40.6 Å². The molecule has 2 heterocycles. The quantitative estimate of drug-likeness (QED) is 0.761. The Morgan fingerprint density at radius 3 is 2.87 bits per heavy atom. The van der Waals surface area contributed by atoms with E-state index in [4.69, 9.17) is 0 Å². The van der Waals surface area contributed by atoms with Crippen molar-refractivity contribution in [1.29, 1.82) is 0 Å². The Balaban J connectivity index is 1.49. The molecule has 5 heteroatoms. The third kappa shape index (κ3) is 2.87. The molecule has 1 aliphatic heterocycles. The Labute approximate surface area is 138 Å². The van der Waals surface area contributed by atoms with E-state index < -0.39 is 0 Å². The summed E-state index contributed by atoms with van der Waals surface area (Å²) in [5.74, 6) is 0. The van der Waals surface area contributed by atoms with Crippen LogP contribution in [0.5, 0.6) is 0 Å². The summed E-state index contributed by atoms with van der Waals surface area (Å²) in [5, 5.41) is 7.57. The number of amides is 2. The summed E-state index contributed by atoms with van der Waals surface area (Å²) in [6, 6.07) is 18.6. The van der Waals surface area contributed by atoms with E-state index in [1.54, 1.807) is 4.90 Å². The molecule has 0 radical (unpaired) electrons. The first-order chi connectivity index (χ1) is 11.3. The van der Waals surface area contributed by atoms with Crippen LogP contribution in [-0.2, 0) is 6.54 Å². The summed E-state index contributed by atoms with van der Waals surface area (Å²) in [7, 11) is 0. The third-order valence-corrected chi connectivity index (χ3v) is 5.07. The minimum absolute atomic E-state index is 0.0216. The molecule has 116 valence electrons. The number of carbonyl (C=O) groups excluding carboxylic acids is 1. The highest BCUT2D eigenvalue weighted by Crippen LogP contribution is 2.27. The zero-order chi connectivity index (χ0) is 15.6. The molecule has 23 heavy (non-hydrogen) atoms. The highest BCUT2D eigenvalue weighted by molar-refractivity contribution is 7.19. The van der Waals surface area contributed by atoms with Crippen molar-refractivity contribution in [2.24, 2.45) is 0 Å². The molecule has 0 aliphatic carbocycles. The van der Waals surface area contributed by atoms with Gasteiger partial charge in [0.05, 0.1) is 0 Å². The predicted octanol–water partition coefficient (Wildman–Crippen LogP) is 4.04. The van der Waals surface area contributed by atoms with E-state index in [9.17, 15) is 4.79 Å². The molecule has 0 saturated carbocycles. The number of nitrogens with one attached hydrogen (secondary N) is 2.